The Morgan fingerprint density at radius 1 is 1.00 bits per heavy atom. The van der Waals surface area contributed by atoms with E-state index in [4.69, 9.17) is 16.3 Å². The molecule has 7 heteroatoms. The average molecular weight is 557 g/mol. The summed E-state index contributed by atoms with van der Waals surface area (Å²) in [7, 11) is 0. The van der Waals surface area contributed by atoms with Gasteiger partial charge in [-0.2, -0.15) is 11.3 Å². The molecular formula is C31H38ClFN2O2S. The molecule has 2 aliphatic rings. The van der Waals surface area contributed by atoms with Crippen LogP contribution in [0.1, 0.15) is 46.3 Å². The predicted octanol–water partition coefficient (Wildman–Crippen LogP) is 7.23. The van der Waals surface area contributed by atoms with Gasteiger partial charge in [-0.1, -0.05) is 23.7 Å². The molecule has 3 heterocycles. The van der Waals surface area contributed by atoms with Crippen LogP contribution in [0.4, 0.5) is 4.39 Å². The first kappa shape index (κ1) is 28.8. The Bertz CT molecular complexity index is 1130. The number of nitrogens with zero attached hydrogens (tertiary/aromatic N) is 2. The lowest BCUT2D eigenvalue weighted by Gasteiger charge is -2.33. The lowest BCUT2D eigenvalue weighted by Crippen LogP contribution is -2.39. The Kier molecular flexibility index (Phi) is 10.8. The number of rotatable bonds is 7. The van der Waals surface area contributed by atoms with Crippen molar-refractivity contribution in [3.8, 4) is 0 Å². The van der Waals surface area contributed by atoms with Gasteiger partial charge in [0.25, 0.3) is 5.91 Å². The van der Waals surface area contributed by atoms with E-state index in [1.54, 1.807) is 29.5 Å². The fourth-order valence-electron chi connectivity index (χ4n) is 5.17. The SMILES string of the molecule is Cc1cc(Cl)cc(C(=O)N2CC[C@H](CN3CCC(COCc4ccc(F)cc4)CC3)C2)c1.Cc1ccsc1. The minimum absolute atomic E-state index is 0.0927. The fourth-order valence-corrected chi connectivity index (χ4v) is 6.12. The quantitative estimate of drug-likeness (QED) is 0.307. The topological polar surface area (TPSA) is 32.8 Å². The van der Waals surface area contributed by atoms with Crippen LogP contribution in [0.2, 0.25) is 5.02 Å². The highest BCUT2D eigenvalue weighted by atomic mass is 35.5. The van der Waals surface area contributed by atoms with E-state index in [1.807, 2.05) is 24.0 Å². The molecule has 2 saturated heterocycles. The molecular weight excluding hydrogens is 519 g/mol. The van der Waals surface area contributed by atoms with E-state index in [0.29, 0.717) is 29.0 Å². The number of piperidine rings is 1. The van der Waals surface area contributed by atoms with Crippen molar-refractivity contribution in [3.05, 3.63) is 92.4 Å². The van der Waals surface area contributed by atoms with E-state index in [9.17, 15) is 9.18 Å². The zero-order chi connectivity index (χ0) is 26.9. The Balaban J connectivity index is 0.000000494. The number of carbonyl (C=O) groups is 1. The smallest absolute Gasteiger partial charge is 0.253 e. The molecule has 0 aliphatic carbocycles. The molecule has 1 amide bonds. The van der Waals surface area contributed by atoms with Crippen LogP contribution in [0.3, 0.4) is 0 Å². The fraction of sp³-hybridized carbons (Fsp3) is 0.452. The number of halogens is 2. The van der Waals surface area contributed by atoms with Gasteiger partial charge in [0.2, 0.25) is 0 Å². The molecule has 2 aliphatic heterocycles. The summed E-state index contributed by atoms with van der Waals surface area (Å²) in [6.07, 6.45) is 3.34. The second-order valence-corrected chi connectivity index (χ2v) is 11.8. The van der Waals surface area contributed by atoms with Gasteiger partial charge in [-0.05, 0) is 122 Å². The highest BCUT2D eigenvalue weighted by molar-refractivity contribution is 7.07. The highest BCUT2D eigenvalue weighted by Gasteiger charge is 2.29. The molecule has 0 bridgehead atoms. The molecule has 5 rings (SSSR count). The van der Waals surface area contributed by atoms with E-state index in [1.165, 1.54) is 17.7 Å². The molecule has 2 fully saturated rings. The zero-order valence-electron chi connectivity index (χ0n) is 22.4. The number of carbonyl (C=O) groups excluding carboxylic acids is 1. The average Bonchev–Trinajstić information content (AvgIpc) is 3.57. The van der Waals surface area contributed by atoms with Crippen LogP contribution in [0.25, 0.3) is 0 Å². The number of ether oxygens (including phenoxy) is 1. The highest BCUT2D eigenvalue weighted by Crippen LogP contribution is 2.25. The van der Waals surface area contributed by atoms with Crippen molar-refractivity contribution < 1.29 is 13.9 Å². The second kappa shape index (κ2) is 14.2. The summed E-state index contributed by atoms with van der Waals surface area (Å²) in [5.41, 5.74) is 4.08. The van der Waals surface area contributed by atoms with Crippen LogP contribution in [0.5, 0.6) is 0 Å². The number of amides is 1. The molecule has 1 aromatic heterocycles. The molecule has 38 heavy (non-hydrogen) atoms. The number of benzene rings is 2. The summed E-state index contributed by atoms with van der Waals surface area (Å²) in [4.78, 5) is 17.4. The first-order chi connectivity index (χ1) is 18.4. The third kappa shape index (κ3) is 8.91. The minimum Gasteiger partial charge on any atom is -0.376 e. The van der Waals surface area contributed by atoms with Gasteiger partial charge in [0.05, 0.1) is 6.61 Å². The molecule has 0 radical (unpaired) electrons. The van der Waals surface area contributed by atoms with Gasteiger partial charge in [0, 0.05) is 36.8 Å². The van der Waals surface area contributed by atoms with Crippen LogP contribution in [0.15, 0.2) is 59.3 Å². The molecule has 0 saturated carbocycles. The normalized spacial score (nSPS) is 18.3. The van der Waals surface area contributed by atoms with Crippen LogP contribution in [-0.4, -0.2) is 55.0 Å². The molecule has 0 unspecified atom stereocenters. The summed E-state index contributed by atoms with van der Waals surface area (Å²) < 4.78 is 18.9. The monoisotopic (exact) mass is 556 g/mol. The van der Waals surface area contributed by atoms with E-state index < -0.39 is 0 Å². The van der Waals surface area contributed by atoms with Gasteiger partial charge >= 0.3 is 0 Å². The molecule has 2 aromatic carbocycles. The molecule has 4 nitrogen and oxygen atoms in total. The van der Waals surface area contributed by atoms with E-state index in [-0.39, 0.29) is 11.7 Å². The number of likely N-dealkylation sites (tertiary alicyclic amines) is 2. The standard InChI is InChI=1S/C26H32ClFN2O2.C5H6S/c1-19-12-23(14-24(27)13-19)26(31)30-11-8-22(16-30)15-29-9-6-21(7-10-29)18-32-17-20-2-4-25(28)5-3-20;1-5-2-3-6-4-5/h2-5,12-14,21-22H,6-11,15-18H2,1H3;2-4H,1H3/t22-;/m1./s1. The molecule has 0 spiro atoms. The Morgan fingerprint density at radius 3 is 2.37 bits per heavy atom. The van der Waals surface area contributed by atoms with Gasteiger partial charge < -0.3 is 14.5 Å². The van der Waals surface area contributed by atoms with Crippen molar-refractivity contribution in [2.75, 3.05) is 39.3 Å². The van der Waals surface area contributed by atoms with Crippen LogP contribution < -0.4 is 0 Å². The van der Waals surface area contributed by atoms with Crippen LogP contribution >= 0.6 is 22.9 Å². The lowest BCUT2D eigenvalue weighted by atomic mass is 9.96. The predicted molar refractivity (Wildman–Crippen MR) is 154 cm³/mol. The van der Waals surface area contributed by atoms with Gasteiger partial charge in [-0.3, -0.25) is 4.79 Å². The third-order valence-corrected chi connectivity index (χ3v) is 8.30. The summed E-state index contributed by atoms with van der Waals surface area (Å²) in [6, 6.07) is 14.2. The van der Waals surface area contributed by atoms with Crippen molar-refractivity contribution in [1.29, 1.82) is 0 Å². The maximum Gasteiger partial charge on any atom is 0.253 e. The maximum atomic E-state index is 13.0. The summed E-state index contributed by atoms with van der Waals surface area (Å²) >= 11 is 7.88. The van der Waals surface area contributed by atoms with Gasteiger partial charge in [0.15, 0.2) is 0 Å². The van der Waals surface area contributed by atoms with E-state index in [0.717, 1.165) is 69.7 Å². The second-order valence-electron chi connectivity index (χ2n) is 10.6. The Morgan fingerprint density at radius 2 is 1.74 bits per heavy atom. The van der Waals surface area contributed by atoms with Crippen molar-refractivity contribution in [2.24, 2.45) is 11.8 Å². The van der Waals surface area contributed by atoms with Crippen molar-refractivity contribution in [3.63, 3.8) is 0 Å². The van der Waals surface area contributed by atoms with E-state index >= 15 is 0 Å². The molecule has 0 N–H and O–H groups in total. The Hall–Kier alpha value is -2.25. The Labute approximate surface area is 235 Å². The third-order valence-electron chi connectivity index (χ3n) is 7.28. The maximum absolute atomic E-state index is 13.0. The summed E-state index contributed by atoms with van der Waals surface area (Å²) in [5.74, 6) is 0.996. The number of thiophene rings is 1. The lowest BCUT2D eigenvalue weighted by molar-refractivity contribution is 0.0543. The van der Waals surface area contributed by atoms with Crippen molar-refractivity contribution in [2.45, 2.75) is 39.7 Å². The van der Waals surface area contributed by atoms with Gasteiger partial charge in [0.1, 0.15) is 5.82 Å². The van der Waals surface area contributed by atoms with Crippen molar-refractivity contribution >= 4 is 28.8 Å². The first-order valence-electron chi connectivity index (χ1n) is 13.5. The molecule has 1 atom stereocenters. The number of hydrogen-bond donors (Lipinski definition) is 0. The van der Waals surface area contributed by atoms with Crippen LogP contribution in [0, 0.1) is 31.5 Å². The first-order valence-corrected chi connectivity index (χ1v) is 14.8. The van der Waals surface area contributed by atoms with Gasteiger partial charge in [-0.15, -0.1) is 0 Å². The van der Waals surface area contributed by atoms with Crippen LogP contribution in [-0.2, 0) is 11.3 Å². The molecule has 3 aromatic rings. The van der Waals surface area contributed by atoms with Gasteiger partial charge in [-0.25, -0.2) is 4.39 Å². The zero-order valence-corrected chi connectivity index (χ0v) is 23.9. The summed E-state index contributed by atoms with van der Waals surface area (Å²) in [6.45, 7) is 10.2. The minimum atomic E-state index is -0.213. The van der Waals surface area contributed by atoms with E-state index in [2.05, 4.69) is 28.7 Å². The number of hydrogen-bond acceptors (Lipinski definition) is 4. The summed E-state index contributed by atoms with van der Waals surface area (Å²) in [5, 5.41) is 4.82. The molecule has 204 valence electrons. The largest absolute Gasteiger partial charge is 0.376 e. The van der Waals surface area contributed by atoms with Crippen molar-refractivity contribution in [1.82, 2.24) is 9.80 Å². The number of aryl methyl sites for hydroxylation is 2.